The van der Waals surface area contributed by atoms with Crippen molar-refractivity contribution in [3.63, 3.8) is 0 Å². The van der Waals surface area contributed by atoms with E-state index < -0.39 is 17.8 Å². The number of hydrazine groups is 1. The molecule has 0 heterocycles. The number of aryl methyl sites for hydroxylation is 1. The zero-order valence-corrected chi connectivity index (χ0v) is 14.8. The Morgan fingerprint density at radius 2 is 1.63 bits per heavy atom. The molecule has 0 fully saturated rings. The number of hydrogen-bond acceptors (Lipinski definition) is 5. The zero-order valence-electron chi connectivity index (χ0n) is 14.8. The second-order valence-corrected chi connectivity index (χ2v) is 5.88. The first kappa shape index (κ1) is 20.3. The van der Waals surface area contributed by atoms with Gasteiger partial charge < -0.3 is 5.11 Å². The number of carboxylic acids is 1. The van der Waals surface area contributed by atoms with E-state index in [1.165, 1.54) is 0 Å². The number of hydrogen-bond donors (Lipinski definition) is 2. The minimum Gasteiger partial charge on any atom is -0.480 e. The van der Waals surface area contributed by atoms with Gasteiger partial charge in [0.05, 0.1) is 6.61 Å². The summed E-state index contributed by atoms with van der Waals surface area (Å²) in [7, 11) is 0. The molecule has 0 radical (unpaired) electrons. The average molecular weight is 370 g/mol. The van der Waals surface area contributed by atoms with Crippen LogP contribution < -0.4 is 5.43 Å². The lowest BCUT2D eigenvalue weighted by Crippen LogP contribution is -2.52. The standard InChI is InChI=1S/C20H22N2O5/c23-15-21-22(27-14-17-10-5-2-6-11-17)19(20(25)26)18(24)13-7-12-16-8-3-1-4-9-16/h1-6,8-11,15,19H,7,12-14H2,(H,21,23)(H,25,26). The van der Waals surface area contributed by atoms with Gasteiger partial charge in [-0.3, -0.25) is 19.9 Å². The van der Waals surface area contributed by atoms with E-state index in [1.807, 2.05) is 36.4 Å². The monoisotopic (exact) mass is 370 g/mol. The molecule has 0 aliphatic rings. The molecule has 0 aliphatic carbocycles. The van der Waals surface area contributed by atoms with Gasteiger partial charge in [-0.25, -0.2) is 4.79 Å². The number of nitrogens with zero attached hydrogens (tertiary/aromatic N) is 1. The van der Waals surface area contributed by atoms with E-state index in [0.717, 1.165) is 11.1 Å². The van der Waals surface area contributed by atoms with E-state index in [9.17, 15) is 19.5 Å². The van der Waals surface area contributed by atoms with Crippen molar-refractivity contribution in [1.82, 2.24) is 10.6 Å². The predicted molar refractivity (Wildman–Crippen MR) is 98.1 cm³/mol. The third kappa shape index (κ3) is 6.65. The molecule has 0 spiro atoms. The SMILES string of the molecule is O=CNN(OCc1ccccc1)C(C(=O)O)C(=O)CCCc1ccccc1. The van der Waals surface area contributed by atoms with E-state index >= 15 is 0 Å². The smallest absolute Gasteiger partial charge is 0.333 e. The number of amides is 1. The van der Waals surface area contributed by atoms with Crippen LogP contribution in [0.1, 0.15) is 24.0 Å². The summed E-state index contributed by atoms with van der Waals surface area (Å²) in [6, 6.07) is 17.0. The number of nitrogens with one attached hydrogen (secondary N) is 1. The van der Waals surface area contributed by atoms with Crippen molar-refractivity contribution in [2.45, 2.75) is 31.9 Å². The molecule has 142 valence electrons. The Labute approximate surface area is 157 Å². The van der Waals surface area contributed by atoms with Gasteiger partial charge in [0.25, 0.3) is 0 Å². The molecule has 7 nitrogen and oxygen atoms in total. The Morgan fingerprint density at radius 3 is 2.19 bits per heavy atom. The molecule has 1 amide bonds. The lowest BCUT2D eigenvalue weighted by Gasteiger charge is -2.25. The highest BCUT2D eigenvalue weighted by molar-refractivity contribution is 6.02. The molecule has 0 saturated heterocycles. The van der Waals surface area contributed by atoms with Gasteiger partial charge >= 0.3 is 5.97 Å². The largest absolute Gasteiger partial charge is 0.480 e. The fourth-order valence-electron chi connectivity index (χ4n) is 2.57. The Hall–Kier alpha value is -3.03. The minimum absolute atomic E-state index is 0.0166. The van der Waals surface area contributed by atoms with Crippen LogP contribution in [0.4, 0.5) is 0 Å². The number of ketones is 1. The van der Waals surface area contributed by atoms with Gasteiger partial charge in [0, 0.05) is 6.42 Å². The van der Waals surface area contributed by atoms with Gasteiger partial charge in [-0.05, 0) is 24.0 Å². The fraction of sp³-hybridized carbons (Fsp3) is 0.250. The maximum absolute atomic E-state index is 12.4. The van der Waals surface area contributed by atoms with Crippen LogP contribution in [-0.2, 0) is 32.2 Å². The zero-order chi connectivity index (χ0) is 19.5. The van der Waals surface area contributed by atoms with Gasteiger partial charge in [0.15, 0.2) is 5.78 Å². The van der Waals surface area contributed by atoms with Crippen LogP contribution in [0.25, 0.3) is 0 Å². The number of carbonyl (C=O) groups is 3. The van der Waals surface area contributed by atoms with Gasteiger partial charge in [0.2, 0.25) is 12.5 Å². The number of rotatable bonds is 12. The summed E-state index contributed by atoms with van der Waals surface area (Å²) >= 11 is 0. The molecule has 0 saturated carbocycles. The molecular weight excluding hydrogens is 348 g/mol. The molecule has 7 heteroatoms. The predicted octanol–water partition coefficient (Wildman–Crippen LogP) is 2.13. The molecule has 2 N–H and O–H groups in total. The molecule has 2 rings (SSSR count). The van der Waals surface area contributed by atoms with Crippen LogP contribution in [0.5, 0.6) is 0 Å². The van der Waals surface area contributed by atoms with Crippen molar-refractivity contribution in [3.8, 4) is 0 Å². The maximum atomic E-state index is 12.4. The molecule has 0 aromatic heterocycles. The maximum Gasteiger partial charge on any atom is 0.333 e. The van der Waals surface area contributed by atoms with Crippen molar-refractivity contribution >= 4 is 18.2 Å². The summed E-state index contributed by atoms with van der Waals surface area (Å²) in [5.74, 6) is -1.93. The van der Waals surface area contributed by atoms with Crippen LogP contribution in [0.2, 0.25) is 0 Å². The number of carbonyl (C=O) groups excluding carboxylic acids is 2. The summed E-state index contributed by atoms with van der Waals surface area (Å²) in [5, 5.41) is 10.2. The van der Waals surface area contributed by atoms with E-state index in [1.54, 1.807) is 24.3 Å². The third-order valence-electron chi connectivity index (χ3n) is 3.90. The van der Waals surface area contributed by atoms with Gasteiger partial charge in [-0.15, -0.1) is 0 Å². The third-order valence-corrected chi connectivity index (χ3v) is 3.90. The highest BCUT2D eigenvalue weighted by Crippen LogP contribution is 2.11. The summed E-state index contributed by atoms with van der Waals surface area (Å²) in [6.45, 7) is 0.0166. The Kier molecular flexibility index (Phi) is 8.15. The van der Waals surface area contributed by atoms with Crippen molar-refractivity contribution in [1.29, 1.82) is 0 Å². The highest BCUT2D eigenvalue weighted by Gasteiger charge is 2.33. The fourth-order valence-corrected chi connectivity index (χ4v) is 2.57. The summed E-state index contributed by atoms with van der Waals surface area (Å²) in [4.78, 5) is 40.3. The summed E-state index contributed by atoms with van der Waals surface area (Å²) in [5.41, 5.74) is 4.00. The Morgan fingerprint density at radius 1 is 1.04 bits per heavy atom. The molecular formula is C20H22N2O5. The second kappa shape index (κ2) is 10.8. The first-order chi connectivity index (χ1) is 13.1. The average Bonchev–Trinajstić information content (AvgIpc) is 2.67. The number of aliphatic carboxylic acids is 1. The topological polar surface area (TPSA) is 95.9 Å². The van der Waals surface area contributed by atoms with Crippen molar-refractivity contribution in [2.75, 3.05) is 0 Å². The van der Waals surface area contributed by atoms with Crippen molar-refractivity contribution in [2.24, 2.45) is 0 Å². The van der Waals surface area contributed by atoms with E-state index in [4.69, 9.17) is 4.84 Å². The molecule has 0 bridgehead atoms. The molecule has 1 atom stereocenters. The number of hydroxylamine groups is 1. The minimum atomic E-state index is -1.62. The number of Topliss-reactive ketones (excluding diaryl/α,β-unsaturated/α-hetero) is 1. The van der Waals surface area contributed by atoms with Crippen molar-refractivity contribution in [3.05, 3.63) is 71.8 Å². The van der Waals surface area contributed by atoms with Gasteiger partial charge in [0.1, 0.15) is 0 Å². The summed E-state index contributed by atoms with van der Waals surface area (Å²) in [6.07, 6.45) is 1.49. The highest BCUT2D eigenvalue weighted by atomic mass is 16.7. The Balaban J connectivity index is 1.96. The quantitative estimate of drug-likeness (QED) is 0.338. The Bertz CT molecular complexity index is 737. The molecule has 1 unspecified atom stereocenters. The molecule has 2 aromatic carbocycles. The molecule has 0 aliphatic heterocycles. The lowest BCUT2D eigenvalue weighted by molar-refractivity contribution is -0.227. The van der Waals surface area contributed by atoms with Gasteiger partial charge in [-0.2, -0.15) is 0 Å². The molecule has 27 heavy (non-hydrogen) atoms. The van der Waals surface area contributed by atoms with Crippen LogP contribution in [-0.4, -0.2) is 34.5 Å². The van der Waals surface area contributed by atoms with Crippen LogP contribution in [0.3, 0.4) is 0 Å². The van der Waals surface area contributed by atoms with Gasteiger partial charge in [-0.1, -0.05) is 65.8 Å². The van der Waals surface area contributed by atoms with E-state index in [0.29, 0.717) is 18.0 Å². The van der Waals surface area contributed by atoms with Crippen molar-refractivity contribution < 1.29 is 24.3 Å². The van der Waals surface area contributed by atoms with E-state index in [-0.39, 0.29) is 19.4 Å². The first-order valence-electron chi connectivity index (χ1n) is 8.57. The lowest BCUT2D eigenvalue weighted by atomic mass is 10.0. The van der Waals surface area contributed by atoms with Crippen LogP contribution in [0, 0.1) is 0 Å². The number of benzene rings is 2. The number of carboxylic acid groups (broad SMARTS) is 1. The van der Waals surface area contributed by atoms with Crippen LogP contribution in [0.15, 0.2) is 60.7 Å². The second-order valence-electron chi connectivity index (χ2n) is 5.88. The summed E-state index contributed by atoms with van der Waals surface area (Å²) < 4.78 is 0. The normalized spacial score (nSPS) is 11.7. The van der Waals surface area contributed by atoms with Crippen LogP contribution >= 0.6 is 0 Å². The molecule has 2 aromatic rings. The first-order valence-corrected chi connectivity index (χ1v) is 8.57. The van der Waals surface area contributed by atoms with E-state index in [2.05, 4.69) is 5.43 Å².